The average molecular weight is 139 g/mol. The van der Waals surface area contributed by atoms with Gasteiger partial charge in [0, 0.05) is 0 Å². The number of nitrogens with zero attached hydrogens (tertiary/aromatic N) is 1. The first kappa shape index (κ1) is 6.54. The monoisotopic (exact) mass is 139 g/mol. The molecule has 0 aliphatic heterocycles. The number of hydrogen-bond acceptors (Lipinski definition) is 3. The van der Waals surface area contributed by atoms with Gasteiger partial charge in [-0.25, -0.2) is 0 Å². The van der Waals surface area contributed by atoms with Crippen molar-refractivity contribution in [2.45, 2.75) is 0 Å². The Morgan fingerprint density at radius 1 is 1.80 bits per heavy atom. The fourth-order valence-electron chi connectivity index (χ4n) is 0.618. The van der Waals surface area contributed by atoms with Gasteiger partial charge in [-0.3, -0.25) is 10.1 Å². The molecule has 0 spiro atoms. The predicted octanol–water partition coefficient (Wildman–Crippen LogP) is 1.83. The molecule has 0 atom stereocenters. The van der Waals surface area contributed by atoms with E-state index in [1.807, 2.05) is 0 Å². The molecule has 0 amide bonds. The lowest BCUT2D eigenvalue weighted by atomic mass is 10.4. The second-order valence-corrected chi connectivity index (χ2v) is 1.63. The van der Waals surface area contributed by atoms with Crippen LogP contribution >= 0.6 is 0 Å². The van der Waals surface area contributed by atoms with Crippen LogP contribution in [0.25, 0.3) is 6.08 Å². The normalized spacial score (nSPS) is 9.20. The highest BCUT2D eigenvalue weighted by atomic mass is 16.6. The Balaban J connectivity index is 3.13. The Labute approximate surface area is 56.9 Å². The van der Waals surface area contributed by atoms with Crippen LogP contribution in [0.4, 0.5) is 5.69 Å². The number of rotatable bonds is 2. The molecule has 1 aromatic heterocycles. The van der Waals surface area contributed by atoms with E-state index in [0.29, 0.717) is 0 Å². The van der Waals surface area contributed by atoms with E-state index in [9.17, 15) is 10.1 Å². The molecule has 0 aliphatic carbocycles. The molecule has 4 heteroatoms. The summed E-state index contributed by atoms with van der Waals surface area (Å²) < 4.78 is 4.72. The molecule has 4 nitrogen and oxygen atoms in total. The van der Waals surface area contributed by atoms with E-state index < -0.39 is 4.92 Å². The minimum absolute atomic E-state index is 0.0463. The Kier molecular flexibility index (Phi) is 1.53. The second-order valence-electron chi connectivity index (χ2n) is 1.63. The van der Waals surface area contributed by atoms with Crippen molar-refractivity contribution in [1.82, 2.24) is 0 Å². The van der Waals surface area contributed by atoms with Crippen molar-refractivity contribution >= 4 is 11.8 Å². The Morgan fingerprint density at radius 3 is 2.90 bits per heavy atom. The number of nitro groups is 1. The van der Waals surface area contributed by atoms with Gasteiger partial charge >= 0.3 is 5.69 Å². The van der Waals surface area contributed by atoms with E-state index in [2.05, 4.69) is 6.58 Å². The largest absolute Gasteiger partial charge is 0.458 e. The van der Waals surface area contributed by atoms with Crippen LogP contribution in [0.15, 0.2) is 23.3 Å². The SMILES string of the molecule is C=Cc1occc1[N+](=O)[O-]. The summed E-state index contributed by atoms with van der Waals surface area (Å²) in [6, 6.07) is 1.29. The van der Waals surface area contributed by atoms with Gasteiger partial charge in [-0.1, -0.05) is 6.58 Å². The van der Waals surface area contributed by atoms with Crippen molar-refractivity contribution in [3.8, 4) is 0 Å². The van der Waals surface area contributed by atoms with E-state index in [-0.39, 0.29) is 11.4 Å². The molecule has 52 valence electrons. The summed E-state index contributed by atoms with van der Waals surface area (Å²) >= 11 is 0. The molecule has 1 heterocycles. The third-order valence-corrected chi connectivity index (χ3v) is 1.06. The van der Waals surface area contributed by atoms with Crippen LogP contribution in [0, 0.1) is 10.1 Å². The highest BCUT2D eigenvalue weighted by molar-refractivity contribution is 5.52. The summed E-state index contributed by atoms with van der Waals surface area (Å²) in [5.41, 5.74) is -0.0463. The van der Waals surface area contributed by atoms with Crippen molar-refractivity contribution in [1.29, 1.82) is 0 Å². The maximum atomic E-state index is 10.1. The van der Waals surface area contributed by atoms with E-state index in [0.717, 1.165) is 0 Å². The lowest BCUT2D eigenvalue weighted by molar-refractivity contribution is -0.385. The molecular formula is C6H5NO3. The van der Waals surface area contributed by atoms with Crippen molar-refractivity contribution in [2.24, 2.45) is 0 Å². The van der Waals surface area contributed by atoms with E-state index in [4.69, 9.17) is 4.42 Å². The van der Waals surface area contributed by atoms with Crippen molar-refractivity contribution in [3.63, 3.8) is 0 Å². The summed E-state index contributed by atoms with van der Waals surface area (Å²) in [6.07, 6.45) is 2.56. The van der Waals surface area contributed by atoms with Crippen molar-refractivity contribution < 1.29 is 9.34 Å². The molecule has 0 unspecified atom stereocenters. The van der Waals surface area contributed by atoms with Crippen LogP contribution in [0.3, 0.4) is 0 Å². The first-order chi connectivity index (χ1) is 4.75. The molecule has 0 saturated heterocycles. The first-order valence-electron chi connectivity index (χ1n) is 2.60. The van der Waals surface area contributed by atoms with Crippen LogP contribution in [-0.2, 0) is 0 Å². The maximum Gasteiger partial charge on any atom is 0.314 e. The highest BCUT2D eigenvalue weighted by Gasteiger charge is 2.12. The fraction of sp³-hybridized carbons (Fsp3) is 0. The van der Waals surface area contributed by atoms with Crippen molar-refractivity contribution in [2.75, 3.05) is 0 Å². The minimum atomic E-state index is -0.513. The summed E-state index contributed by atoms with van der Waals surface area (Å²) in [6.45, 7) is 3.35. The lowest BCUT2D eigenvalue weighted by Gasteiger charge is -1.84. The van der Waals surface area contributed by atoms with Gasteiger partial charge in [0.1, 0.15) is 0 Å². The maximum absolute atomic E-state index is 10.1. The van der Waals surface area contributed by atoms with E-state index in [1.165, 1.54) is 18.4 Å². The topological polar surface area (TPSA) is 56.3 Å². The molecule has 1 rings (SSSR count). The zero-order valence-electron chi connectivity index (χ0n) is 5.11. The first-order valence-corrected chi connectivity index (χ1v) is 2.60. The van der Waals surface area contributed by atoms with Gasteiger partial charge in [0.05, 0.1) is 17.3 Å². The quantitative estimate of drug-likeness (QED) is 0.464. The Hall–Kier alpha value is -1.58. The Bertz CT molecular complexity index is 264. The zero-order valence-corrected chi connectivity index (χ0v) is 5.11. The van der Waals surface area contributed by atoms with Crippen LogP contribution in [0.2, 0.25) is 0 Å². The van der Waals surface area contributed by atoms with Crippen LogP contribution in [0.5, 0.6) is 0 Å². The van der Waals surface area contributed by atoms with Gasteiger partial charge < -0.3 is 4.42 Å². The number of furan rings is 1. The van der Waals surface area contributed by atoms with Gasteiger partial charge in [0.25, 0.3) is 0 Å². The zero-order chi connectivity index (χ0) is 7.56. The van der Waals surface area contributed by atoms with Crippen LogP contribution < -0.4 is 0 Å². The molecule has 10 heavy (non-hydrogen) atoms. The highest BCUT2D eigenvalue weighted by Crippen LogP contribution is 2.19. The molecular weight excluding hydrogens is 134 g/mol. The second kappa shape index (κ2) is 2.34. The smallest absolute Gasteiger partial charge is 0.314 e. The summed E-state index contributed by atoms with van der Waals surface area (Å²) in [5.74, 6) is 0.199. The van der Waals surface area contributed by atoms with Crippen molar-refractivity contribution in [3.05, 3.63) is 34.8 Å². The standard InChI is InChI=1S/C6H5NO3/c1-2-6-5(7(8)9)3-4-10-6/h2-4H,1H2. The van der Waals surface area contributed by atoms with Crippen LogP contribution in [-0.4, -0.2) is 4.92 Å². The Morgan fingerprint density at radius 2 is 2.50 bits per heavy atom. The third kappa shape index (κ3) is 0.907. The summed E-state index contributed by atoms with van der Waals surface area (Å²) in [5, 5.41) is 10.1. The van der Waals surface area contributed by atoms with Crippen LogP contribution in [0.1, 0.15) is 5.76 Å². The minimum Gasteiger partial charge on any atom is -0.458 e. The van der Waals surface area contributed by atoms with Gasteiger partial charge in [-0.15, -0.1) is 0 Å². The molecule has 0 fully saturated rings. The van der Waals surface area contributed by atoms with Gasteiger partial charge in [0.15, 0.2) is 0 Å². The molecule has 1 aromatic rings. The number of hydrogen-bond donors (Lipinski definition) is 0. The average Bonchev–Trinajstić information content (AvgIpc) is 2.33. The van der Waals surface area contributed by atoms with E-state index >= 15 is 0 Å². The van der Waals surface area contributed by atoms with Gasteiger partial charge in [0.2, 0.25) is 5.76 Å². The van der Waals surface area contributed by atoms with E-state index in [1.54, 1.807) is 0 Å². The molecule has 0 N–H and O–H groups in total. The molecule has 0 radical (unpaired) electrons. The fourth-order valence-corrected chi connectivity index (χ4v) is 0.618. The lowest BCUT2D eigenvalue weighted by Crippen LogP contribution is -1.85. The molecule has 0 aliphatic rings. The summed E-state index contributed by atoms with van der Waals surface area (Å²) in [4.78, 5) is 9.63. The van der Waals surface area contributed by atoms with Gasteiger partial charge in [-0.2, -0.15) is 0 Å². The third-order valence-electron chi connectivity index (χ3n) is 1.06. The summed E-state index contributed by atoms with van der Waals surface area (Å²) in [7, 11) is 0. The molecule has 0 bridgehead atoms. The van der Waals surface area contributed by atoms with Gasteiger partial charge in [-0.05, 0) is 6.08 Å². The molecule has 0 aromatic carbocycles. The predicted molar refractivity (Wildman–Crippen MR) is 35.5 cm³/mol. The molecule has 0 saturated carbocycles.